The van der Waals surface area contributed by atoms with Crippen molar-refractivity contribution in [1.82, 2.24) is 9.97 Å². The predicted octanol–water partition coefficient (Wildman–Crippen LogP) is -0.230. The van der Waals surface area contributed by atoms with Gasteiger partial charge in [-0.15, -0.1) is 0 Å². The molecule has 0 aliphatic carbocycles. The topological polar surface area (TPSA) is 66.2 Å². The number of nitrogens with zero attached hydrogens (tertiary/aromatic N) is 2. The van der Waals surface area contributed by atoms with Crippen LogP contribution < -0.4 is 0 Å². The molecule has 0 amide bonds. The van der Waals surface area contributed by atoms with Gasteiger partial charge in [-0.1, -0.05) is 0 Å². The highest BCUT2D eigenvalue weighted by Gasteiger charge is 2.00. The van der Waals surface area contributed by atoms with Gasteiger partial charge in [0, 0.05) is 0 Å². The van der Waals surface area contributed by atoms with Crippen LogP contribution in [0.3, 0.4) is 0 Å². The van der Waals surface area contributed by atoms with Crippen LogP contribution in [0.2, 0.25) is 0 Å². The Morgan fingerprint density at radius 2 is 2.09 bits per heavy atom. The molecule has 0 bridgehead atoms. The summed E-state index contributed by atoms with van der Waals surface area (Å²) in [5, 5.41) is 17.4. The number of hydrogen-bond acceptors (Lipinski definition) is 4. The third-order valence-corrected chi connectivity index (χ3v) is 1.41. The molecule has 1 heterocycles. The van der Waals surface area contributed by atoms with E-state index in [0.717, 1.165) is 0 Å². The van der Waals surface area contributed by atoms with Crippen molar-refractivity contribution >= 4 is 0 Å². The largest absolute Gasteiger partial charge is 0.390 e. The molecule has 1 aromatic heterocycles. The molecule has 2 N–H and O–H groups in total. The Labute approximate surface area is 64.6 Å². The van der Waals surface area contributed by atoms with Crippen LogP contribution in [-0.4, -0.2) is 20.2 Å². The van der Waals surface area contributed by atoms with Crippen molar-refractivity contribution in [2.75, 3.05) is 0 Å². The first kappa shape index (κ1) is 8.10. The molecule has 0 aromatic carbocycles. The van der Waals surface area contributed by atoms with Gasteiger partial charge >= 0.3 is 0 Å². The summed E-state index contributed by atoms with van der Waals surface area (Å²) in [7, 11) is 0. The van der Waals surface area contributed by atoms with E-state index < -0.39 is 0 Å². The van der Waals surface area contributed by atoms with E-state index in [2.05, 4.69) is 9.97 Å². The smallest absolute Gasteiger partial charge is 0.0871 e. The lowest BCUT2D eigenvalue weighted by atomic mass is 10.3. The zero-order chi connectivity index (χ0) is 8.27. The van der Waals surface area contributed by atoms with Crippen LogP contribution >= 0.6 is 0 Å². The molecule has 0 aliphatic heterocycles. The fourth-order valence-corrected chi connectivity index (χ4v) is 0.786. The molecular weight excluding hydrogens is 144 g/mol. The molecule has 4 nitrogen and oxygen atoms in total. The van der Waals surface area contributed by atoms with Crippen LogP contribution in [0.15, 0.2) is 6.20 Å². The second-order valence-corrected chi connectivity index (χ2v) is 2.21. The molecule has 1 aromatic rings. The van der Waals surface area contributed by atoms with Crippen LogP contribution in [0.25, 0.3) is 0 Å². The minimum atomic E-state index is -0.112. The first-order chi connectivity index (χ1) is 5.27. The van der Waals surface area contributed by atoms with Gasteiger partial charge in [-0.2, -0.15) is 0 Å². The predicted molar refractivity (Wildman–Crippen MR) is 38.6 cm³/mol. The Bertz CT molecular complexity index is 250. The SMILES string of the molecule is Cc1nc(CO)cnc1CO. The first-order valence-corrected chi connectivity index (χ1v) is 3.31. The molecule has 0 spiro atoms. The summed E-state index contributed by atoms with van der Waals surface area (Å²) < 4.78 is 0. The van der Waals surface area contributed by atoms with Crippen LogP contribution in [0.4, 0.5) is 0 Å². The van der Waals surface area contributed by atoms with Crippen molar-refractivity contribution < 1.29 is 10.2 Å². The molecule has 0 saturated carbocycles. The van der Waals surface area contributed by atoms with Crippen molar-refractivity contribution in [2.45, 2.75) is 20.1 Å². The zero-order valence-corrected chi connectivity index (χ0v) is 6.28. The maximum Gasteiger partial charge on any atom is 0.0871 e. The molecule has 1 rings (SSSR count). The summed E-state index contributed by atoms with van der Waals surface area (Å²) in [6.45, 7) is 1.53. The monoisotopic (exact) mass is 154 g/mol. The normalized spacial score (nSPS) is 10.1. The third kappa shape index (κ3) is 1.72. The van der Waals surface area contributed by atoms with E-state index in [9.17, 15) is 0 Å². The van der Waals surface area contributed by atoms with E-state index in [4.69, 9.17) is 10.2 Å². The summed E-state index contributed by atoms with van der Waals surface area (Å²) in [6, 6.07) is 0. The highest BCUT2D eigenvalue weighted by molar-refractivity contribution is 5.10. The fraction of sp³-hybridized carbons (Fsp3) is 0.429. The Kier molecular flexibility index (Phi) is 2.51. The first-order valence-electron chi connectivity index (χ1n) is 3.31. The van der Waals surface area contributed by atoms with Crippen molar-refractivity contribution in [1.29, 1.82) is 0 Å². The van der Waals surface area contributed by atoms with Gasteiger partial charge in [0.25, 0.3) is 0 Å². The van der Waals surface area contributed by atoms with Crippen LogP contribution in [-0.2, 0) is 13.2 Å². The summed E-state index contributed by atoms with van der Waals surface area (Å²) in [5.74, 6) is 0. The van der Waals surface area contributed by atoms with Crippen molar-refractivity contribution in [3.05, 3.63) is 23.3 Å². The summed E-state index contributed by atoms with van der Waals surface area (Å²) in [4.78, 5) is 7.88. The minimum Gasteiger partial charge on any atom is -0.390 e. The van der Waals surface area contributed by atoms with E-state index in [-0.39, 0.29) is 13.2 Å². The van der Waals surface area contributed by atoms with Crippen molar-refractivity contribution in [3.63, 3.8) is 0 Å². The number of aliphatic hydroxyl groups is 2. The molecule has 0 fully saturated rings. The number of hydrogen-bond donors (Lipinski definition) is 2. The molecular formula is C7H10N2O2. The maximum absolute atomic E-state index is 8.72. The number of aromatic nitrogens is 2. The number of aliphatic hydroxyl groups excluding tert-OH is 2. The van der Waals surface area contributed by atoms with Gasteiger partial charge in [0.1, 0.15) is 0 Å². The number of rotatable bonds is 2. The van der Waals surface area contributed by atoms with Gasteiger partial charge in [-0.05, 0) is 6.92 Å². The standard InChI is InChI=1S/C7H10N2O2/c1-5-7(4-11)8-2-6(3-10)9-5/h2,10-11H,3-4H2,1H3. The average Bonchev–Trinajstić information content (AvgIpc) is 2.04. The Morgan fingerprint density at radius 1 is 1.36 bits per heavy atom. The van der Waals surface area contributed by atoms with Crippen molar-refractivity contribution in [3.8, 4) is 0 Å². The van der Waals surface area contributed by atoms with Gasteiger partial charge in [0.15, 0.2) is 0 Å². The lowest BCUT2D eigenvalue weighted by Crippen LogP contribution is -2.00. The van der Waals surface area contributed by atoms with E-state index in [1.807, 2.05) is 0 Å². The fourth-order valence-electron chi connectivity index (χ4n) is 0.786. The molecule has 0 atom stereocenters. The molecule has 0 radical (unpaired) electrons. The van der Waals surface area contributed by atoms with Gasteiger partial charge in [0.05, 0.1) is 36.5 Å². The lowest BCUT2D eigenvalue weighted by Gasteiger charge is -2.01. The van der Waals surface area contributed by atoms with Crippen LogP contribution in [0, 0.1) is 6.92 Å². The Morgan fingerprint density at radius 3 is 2.55 bits per heavy atom. The Hall–Kier alpha value is -1.00. The minimum absolute atomic E-state index is 0.107. The van der Waals surface area contributed by atoms with Crippen LogP contribution in [0.5, 0.6) is 0 Å². The zero-order valence-electron chi connectivity index (χ0n) is 6.28. The summed E-state index contributed by atoms with van der Waals surface area (Å²) in [6.07, 6.45) is 1.46. The molecule has 0 aliphatic rings. The van der Waals surface area contributed by atoms with Crippen LogP contribution in [0.1, 0.15) is 17.1 Å². The average molecular weight is 154 g/mol. The molecule has 11 heavy (non-hydrogen) atoms. The quantitative estimate of drug-likeness (QED) is 0.617. The Balaban J connectivity index is 2.99. The molecule has 4 heteroatoms. The molecule has 0 saturated heterocycles. The van der Waals surface area contributed by atoms with Gasteiger partial charge < -0.3 is 10.2 Å². The van der Waals surface area contributed by atoms with Crippen molar-refractivity contribution in [2.24, 2.45) is 0 Å². The van der Waals surface area contributed by atoms with Gasteiger partial charge in [-0.3, -0.25) is 9.97 Å². The van der Waals surface area contributed by atoms with E-state index in [0.29, 0.717) is 17.1 Å². The maximum atomic E-state index is 8.72. The highest BCUT2D eigenvalue weighted by atomic mass is 16.3. The summed E-state index contributed by atoms with van der Waals surface area (Å²) in [5.41, 5.74) is 1.75. The third-order valence-electron chi connectivity index (χ3n) is 1.41. The summed E-state index contributed by atoms with van der Waals surface area (Å²) >= 11 is 0. The lowest BCUT2D eigenvalue weighted by molar-refractivity contribution is 0.268. The molecule has 0 unspecified atom stereocenters. The molecule has 60 valence electrons. The second kappa shape index (κ2) is 3.41. The van der Waals surface area contributed by atoms with Gasteiger partial charge in [-0.25, -0.2) is 0 Å². The second-order valence-electron chi connectivity index (χ2n) is 2.21. The van der Waals surface area contributed by atoms with E-state index in [1.165, 1.54) is 6.20 Å². The van der Waals surface area contributed by atoms with E-state index >= 15 is 0 Å². The highest BCUT2D eigenvalue weighted by Crippen LogP contribution is 2.01. The van der Waals surface area contributed by atoms with E-state index in [1.54, 1.807) is 6.92 Å². The number of aryl methyl sites for hydroxylation is 1. The van der Waals surface area contributed by atoms with Gasteiger partial charge in [0.2, 0.25) is 0 Å².